The molecule has 0 radical (unpaired) electrons. The molecule has 0 aromatic carbocycles. The van der Waals surface area contributed by atoms with Crippen LogP contribution in [0, 0.1) is 17.8 Å². The van der Waals surface area contributed by atoms with E-state index in [1.807, 2.05) is 0 Å². The molecule has 0 aliphatic heterocycles. The Hall–Kier alpha value is -0.760. The number of hydrogen-bond acceptors (Lipinski definition) is 1. The van der Waals surface area contributed by atoms with Crippen LogP contribution < -0.4 is 5.32 Å². The highest BCUT2D eigenvalue weighted by Crippen LogP contribution is 2.49. The third-order valence-corrected chi connectivity index (χ3v) is 6.09. The molecule has 0 amide bonds. The molecule has 0 saturated heterocycles. The van der Waals surface area contributed by atoms with E-state index in [4.69, 9.17) is 0 Å². The number of rotatable bonds is 4. The van der Waals surface area contributed by atoms with Gasteiger partial charge in [-0.1, -0.05) is 13.3 Å². The van der Waals surface area contributed by atoms with Gasteiger partial charge in [-0.25, -0.2) is 0 Å². The van der Waals surface area contributed by atoms with Gasteiger partial charge in [0.15, 0.2) is 0 Å². The minimum Gasteiger partial charge on any atom is -0.353 e. The molecular weight excluding hydrogens is 244 g/mol. The van der Waals surface area contributed by atoms with Gasteiger partial charge >= 0.3 is 0 Å². The molecule has 1 heterocycles. The van der Waals surface area contributed by atoms with Crippen LogP contribution in [0.15, 0.2) is 12.4 Å². The Kier molecular flexibility index (Phi) is 3.37. The van der Waals surface area contributed by atoms with Gasteiger partial charge in [0.25, 0.3) is 0 Å². The third kappa shape index (κ3) is 2.22. The van der Waals surface area contributed by atoms with Crippen molar-refractivity contribution in [2.24, 2.45) is 17.8 Å². The van der Waals surface area contributed by atoms with E-state index in [0.717, 1.165) is 24.3 Å². The summed E-state index contributed by atoms with van der Waals surface area (Å²) in [6.45, 7) is 4.59. The average Bonchev–Trinajstić information content (AvgIpc) is 3.13. The summed E-state index contributed by atoms with van der Waals surface area (Å²) >= 11 is 0. The van der Waals surface area contributed by atoms with Gasteiger partial charge in [-0.3, -0.25) is 0 Å². The van der Waals surface area contributed by atoms with E-state index in [9.17, 15) is 0 Å². The van der Waals surface area contributed by atoms with Crippen molar-refractivity contribution in [3.63, 3.8) is 0 Å². The summed E-state index contributed by atoms with van der Waals surface area (Å²) in [7, 11) is 0. The maximum absolute atomic E-state index is 3.66. The Morgan fingerprint density at radius 1 is 1.20 bits per heavy atom. The van der Waals surface area contributed by atoms with Gasteiger partial charge in [0.05, 0.1) is 0 Å². The maximum atomic E-state index is 3.66. The smallest absolute Gasteiger partial charge is 0.0338 e. The highest BCUT2D eigenvalue weighted by atomic mass is 15.0. The van der Waals surface area contributed by atoms with Crippen molar-refractivity contribution in [1.29, 1.82) is 0 Å². The van der Waals surface area contributed by atoms with E-state index in [0.29, 0.717) is 6.04 Å². The molecule has 3 aliphatic carbocycles. The summed E-state index contributed by atoms with van der Waals surface area (Å²) in [6.07, 6.45) is 15.0. The number of aromatic nitrogens is 1. The molecule has 2 saturated carbocycles. The molecule has 3 aliphatic rings. The Bertz CT molecular complexity index is 476. The van der Waals surface area contributed by atoms with Crippen LogP contribution in [0.2, 0.25) is 0 Å². The van der Waals surface area contributed by atoms with Crippen LogP contribution in [-0.4, -0.2) is 11.1 Å². The van der Waals surface area contributed by atoms with Gasteiger partial charge in [0, 0.05) is 25.0 Å². The first-order valence-corrected chi connectivity index (χ1v) is 8.75. The summed E-state index contributed by atoms with van der Waals surface area (Å²) < 4.78 is 2.53. The van der Waals surface area contributed by atoms with Crippen molar-refractivity contribution in [2.75, 3.05) is 6.54 Å². The van der Waals surface area contributed by atoms with Crippen molar-refractivity contribution >= 4 is 0 Å². The predicted molar refractivity (Wildman–Crippen MR) is 82.7 cm³/mol. The average molecular weight is 272 g/mol. The Morgan fingerprint density at radius 2 is 2.15 bits per heavy atom. The molecule has 2 nitrogen and oxygen atoms in total. The molecule has 1 N–H and O–H groups in total. The zero-order valence-electron chi connectivity index (χ0n) is 12.8. The van der Waals surface area contributed by atoms with Crippen molar-refractivity contribution in [2.45, 2.75) is 64.5 Å². The number of fused-ring (bicyclic) bond motifs is 3. The molecule has 0 spiro atoms. The molecule has 4 atom stereocenters. The first kappa shape index (κ1) is 12.9. The van der Waals surface area contributed by atoms with Crippen molar-refractivity contribution in [3.05, 3.63) is 23.5 Å². The van der Waals surface area contributed by atoms with Gasteiger partial charge in [-0.15, -0.1) is 0 Å². The molecule has 2 bridgehead atoms. The van der Waals surface area contributed by atoms with E-state index < -0.39 is 0 Å². The number of nitrogens with zero attached hydrogens (tertiary/aromatic N) is 1. The summed E-state index contributed by atoms with van der Waals surface area (Å²) in [5.74, 6) is 3.09. The lowest BCUT2D eigenvalue weighted by molar-refractivity contribution is 0.296. The largest absolute Gasteiger partial charge is 0.353 e. The van der Waals surface area contributed by atoms with Gasteiger partial charge < -0.3 is 9.88 Å². The fraction of sp³-hybridized carbons (Fsp3) is 0.778. The van der Waals surface area contributed by atoms with Crippen molar-refractivity contribution < 1.29 is 0 Å². The van der Waals surface area contributed by atoms with Crippen LogP contribution in [0.4, 0.5) is 0 Å². The lowest BCUT2D eigenvalue weighted by Crippen LogP contribution is -2.23. The topological polar surface area (TPSA) is 17.0 Å². The second-order valence-corrected chi connectivity index (χ2v) is 7.37. The highest BCUT2D eigenvalue weighted by molar-refractivity contribution is 5.30. The van der Waals surface area contributed by atoms with E-state index in [2.05, 4.69) is 29.2 Å². The van der Waals surface area contributed by atoms with E-state index >= 15 is 0 Å². The molecule has 4 rings (SSSR count). The molecule has 2 fully saturated rings. The van der Waals surface area contributed by atoms with E-state index in [1.165, 1.54) is 51.5 Å². The summed E-state index contributed by atoms with van der Waals surface area (Å²) in [5.41, 5.74) is 3.21. The molecule has 20 heavy (non-hydrogen) atoms. The fourth-order valence-electron chi connectivity index (χ4n) is 5.18. The standard InChI is InChI=1S/C18H28N2/c1-2-19-18-5-3-4-15-10-20(12-17(15)18)11-16-9-13-6-7-14(16)8-13/h10,12-14,16,18-19H,2-9,11H2,1H3. The summed E-state index contributed by atoms with van der Waals surface area (Å²) in [5, 5.41) is 3.66. The van der Waals surface area contributed by atoms with Crippen LogP contribution in [0.5, 0.6) is 0 Å². The van der Waals surface area contributed by atoms with Gasteiger partial charge in [0.2, 0.25) is 0 Å². The lowest BCUT2D eigenvalue weighted by atomic mass is 9.89. The van der Waals surface area contributed by atoms with Crippen LogP contribution in [0.25, 0.3) is 0 Å². The number of nitrogens with one attached hydrogen (secondary N) is 1. The van der Waals surface area contributed by atoms with E-state index in [1.54, 1.807) is 11.1 Å². The van der Waals surface area contributed by atoms with Gasteiger partial charge in [0.1, 0.15) is 0 Å². The zero-order chi connectivity index (χ0) is 13.5. The molecule has 4 unspecified atom stereocenters. The highest BCUT2D eigenvalue weighted by Gasteiger charge is 2.39. The predicted octanol–water partition coefficient (Wildman–Crippen LogP) is 3.91. The summed E-state index contributed by atoms with van der Waals surface area (Å²) in [4.78, 5) is 0. The second-order valence-electron chi connectivity index (χ2n) is 7.37. The van der Waals surface area contributed by atoms with Crippen LogP contribution in [0.3, 0.4) is 0 Å². The maximum Gasteiger partial charge on any atom is 0.0338 e. The Morgan fingerprint density at radius 3 is 2.90 bits per heavy atom. The van der Waals surface area contributed by atoms with Crippen LogP contribution in [-0.2, 0) is 13.0 Å². The monoisotopic (exact) mass is 272 g/mol. The minimum atomic E-state index is 0.616. The van der Waals surface area contributed by atoms with Crippen LogP contribution in [0.1, 0.15) is 62.6 Å². The first-order chi connectivity index (χ1) is 9.83. The SMILES string of the molecule is CCNC1CCCc2cn(CC3CC4CCC3C4)cc21. The number of aryl methyl sites for hydroxylation is 1. The molecule has 2 heteroatoms. The molecular formula is C18H28N2. The van der Waals surface area contributed by atoms with Gasteiger partial charge in [-0.05, 0) is 74.0 Å². The minimum absolute atomic E-state index is 0.616. The van der Waals surface area contributed by atoms with Crippen molar-refractivity contribution in [1.82, 2.24) is 9.88 Å². The van der Waals surface area contributed by atoms with Crippen molar-refractivity contribution in [3.8, 4) is 0 Å². The quantitative estimate of drug-likeness (QED) is 0.879. The third-order valence-electron chi connectivity index (χ3n) is 6.09. The normalized spacial score (nSPS) is 35.5. The fourth-order valence-corrected chi connectivity index (χ4v) is 5.18. The lowest BCUT2D eigenvalue weighted by Gasteiger charge is -2.23. The van der Waals surface area contributed by atoms with Gasteiger partial charge in [-0.2, -0.15) is 0 Å². The first-order valence-electron chi connectivity index (χ1n) is 8.75. The molecule has 1 aromatic rings. The molecule has 110 valence electrons. The summed E-state index contributed by atoms with van der Waals surface area (Å²) in [6, 6.07) is 0.616. The van der Waals surface area contributed by atoms with Crippen LogP contribution >= 0.6 is 0 Å². The zero-order valence-corrected chi connectivity index (χ0v) is 12.8. The number of hydrogen-bond donors (Lipinski definition) is 1. The Labute approximate surface area is 122 Å². The molecule has 1 aromatic heterocycles. The Balaban J connectivity index is 1.49. The second kappa shape index (κ2) is 5.22. The van der Waals surface area contributed by atoms with E-state index in [-0.39, 0.29) is 0 Å².